The first-order chi connectivity index (χ1) is 14.7. The number of nitrogens with one attached hydrogen (secondary N) is 2. The van der Waals surface area contributed by atoms with E-state index >= 15 is 0 Å². The molecule has 5 N–H and O–H groups in total. The first kappa shape index (κ1) is 21.4. The Balaban J connectivity index is 1.86. The van der Waals surface area contributed by atoms with Gasteiger partial charge < -0.3 is 29.8 Å². The number of carbonyl (C=O) groups excluding carboxylic acids is 1. The molecule has 0 aliphatic heterocycles. The number of aromatic hydroxyl groups is 2. The Kier molecular flexibility index (Phi) is 5.91. The van der Waals surface area contributed by atoms with E-state index in [4.69, 9.17) is 0 Å². The maximum atomic E-state index is 12.4. The Labute approximate surface area is 176 Å². The molecule has 2 aromatic heterocycles. The molecule has 3 aromatic rings. The summed E-state index contributed by atoms with van der Waals surface area (Å²) in [7, 11) is 2.92. The minimum absolute atomic E-state index is 0.00642. The van der Waals surface area contributed by atoms with Crippen LogP contribution >= 0.6 is 0 Å². The number of benzene rings is 1. The first-order valence-electron chi connectivity index (χ1n) is 9.17. The molecule has 1 amide bonds. The molecule has 0 bridgehead atoms. The lowest BCUT2D eigenvalue weighted by atomic mass is 10.1. The molecule has 1 aromatic carbocycles. The van der Waals surface area contributed by atoms with E-state index in [0.717, 1.165) is 4.57 Å². The number of para-hydroxylation sites is 1. The molecule has 2 heterocycles. The van der Waals surface area contributed by atoms with Gasteiger partial charge in [0.15, 0.2) is 11.5 Å². The summed E-state index contributed by atoms with van der Waals surface area (Å²) >= 11 is 0. The average molecular weight is 425 g/mol. The van der Waals surface area contributed by atoms with Crippen LogP contribution in [-0.2, 0) is 20.6 Å². The zero-order valence-corrected chi connectivity index (χ0v) is 16.8. The van der Waals surface area contributed by atoms with Gasteiger partial charge in [0.2, 0.25) is 5.69 Å². The summed E-state index contributed by atoms with van der Waals surface area (Å²) in [4.78, 5) is 38.8. The van der Waals surface area contributed by atoms with Gasteiger partial charge in [0.25, 0.3) is 17.0 Å². The van der Waals surface area contributed by atoms with Crippen molar-refractivity contribution in [2.45, 2.75) is 6.54 Å². The highest BCUT2D eigenvalue weighted by Gasteiger charge is 2.19. The zero-order valence-electron chi connectivity index (χ0n) is 16.8. The smallest absolute Gasteiger partial charge is 0.375 e. The summed E-state index contributed by atoms with van der Waals surface area (Å²) in [5.74, 6) is -2.36. The summed E-state index contributed by atoms with van der Waals surface area (Å²) < 4.78 is 2.32. The van der Waals surface area contributed by atoms with Gasteiger partial charge in [-0.15, -0.1) is 0 Å². The van der Waals surface area contributed by atoms with Crippen molar-refractivity contribution in [3.63, 3.8) is 0 Å². The fourth-order valence-corrected chi connectivity index (χ4v) is 2.87. The molecule has 0 atom stereocenters. The molecule has 3 rings (SSSR count). The van der Waals surface area contributed by atoms with Gasteiger partial charge in [-0.2, -0.15) is 4.99 Å². The van der Waals surface area contributed by atoms with E-state index < -0.39 is 34.4 Å². The molecule has 0 aliphatic carbocycles. The summed E-state index contributed by atoms with van der Waals surface area (Å²) in [6, 6.07) is 9.43. The number of aliphatic hydroxyl groups excluding tert-OH is 1. The lowest BCUT2D eigenvalue weighted by molar-refractivity contribution is -0.365. The summed E-state index contributed by atoms with van der Waals surface area (Å²) in [6.07, 6.45) is 2.77. The number of nitrogens with zero attached hydrogens (tertiary/aromatic N) is 2. The Morgan fingerprint density at radius 2 is 1.48 bits per heavy atom. The van der Waals surface area contributed by atoms with Crippen LogP contribution in [0.2, 0.25) is 0 Å². The van der Waals surface area contributed by atoms with Crippen LogP contribution in [0.4, 0.5) is 5.69 Å². The van der Waals surface area contributed by atoms with E-state index in [1.165, 1.54) is 43.2 Å². The van der Waals surface area contributed by atoms with Crippen LogP contribution in [0, 0.1) is 0 Å². The van der Waals surface area contributed by atoms with Crippen LogP contribution in [-0.4, -0.2) is 36.3 Å². The Morgan fingerprint density at radius 3 is 2.13 bits per heavy atom. The summed E-state index contributed by atoms with van der Waals surface area (Å²) in [5.41, 5.74) is -0.620. The number of aliphatic hydroxyl groups is 1. The number of hydrogen-bond donors (Lipinski definition) is 5. The monoisotopic (exact) mass is 425 g/mol. The zero-order chi connectivity index (χ0) is 22.7. The molecule has 160 valence electrons. The number of amides is 1. The van der Waals surface area contributed by atoms with Crippen molar-refractivity contribution in [1.29, 1.82) is 0 Å². The second-order valence-corrected chi connectivity index (χ2v) is 6.80. The highest BCUT2D eigenvalue weighted by Crippen LogP contribution is 2.13. The number of pyridine rings is 2. The van der Waals surface area contributed by atoms with Crippen molar-refractivity contribution in [3.8, 4) is 11.5 Å². The Morgan fingerprint density at radius 1 is 0.935 bits per heavy atom. The van der Waals surface area contributed by atoms with Crippen LogP contribution in [0.3, 0.4) is 0 Å². The largest absolute Gasteiger partial charge is 0.502 e. The van der Waals surface area contributed by atoms with Crippen molar-refractivity contribution in [2.24, 2.45) is 14.1 Å². The SMILES string of the molecule is Cn1ccc(C(=O)NCc2ccccc2[NH+]=C(O)c2ccn(C)c(=O)c2O)c(O)c1=O. The third-order valence-electron chi connectivity index (χ3n) is 4.70. The summed E-state index contributed by atoms with van der Waals surface area (Å²) in [5, 5.41) is 32.9. The standard InChI is InChI=1S/C21H20N4O6/c1-24-9-7-13(16(26)20(24)30)18(28)22-11-12-5-3-4-6-15(12)23-19(29)14-8-10-25(2)21(31)17(14)27/h3-10,26-27H,11H2,1-2H3,(H,22,28)(H,23,29)/p+1. The molecular formula is C21H21N4O6+. The molecular weight excluding hydrogens is 404 g/mol. The van der Waals surface area contributed by atoms with E-state index in [1.807, 2.05) is 0 Å². The highest BCUT2D eigenvalue weighted by molar-refractivity contribution is 5.96. The molecule has 0 aliphatic rings. The number of aryl methyl sites for hydroxylation is 2. The van der Waals surface area contributed by atoms with Crippen LogP contribution in [0.15, 0.2) is 58.4 Å². The van der Waals surface area contributed by atoms with E-state index in [-0.39, 0.29) is 17.7 Å². The van der Waals surface area contributed by atoms with Gasteiger partial charge in [-0.3, -0.25) is 14.4 Å². The topological polar surface area (TPSA) is 148 Å². The third-order valence-corrected chi connectivity index (χ3v) is 4.70. The lowest BCUT2D eigenvalue weighted by Crippen LogP contribution is -2.67. The molecule has 0 saturated heterocycles. The summed E-state index contributed by atoms with van der Waals surface area (Å²) in [6.45, 7) is 0.00642. The number of hydrogen-bond acceptors (Lipinski definition) is 5. The van der Waals surface area contributed by atoms with Gasteiger partial charge in [-0.1, -0.05) is 18.2 Å². The minimum Gasteiger partial charge on any atom is -0.502 e. The van der Waals surface area contributed by atoms with Crippen LogP contribution in [0.1, 0.15) is 21.5 Å². The van der Waals surface area contributed by atoms with Gasteiger partial charge in [-0.05, 0) is 12.1 Å². The van der Waals surface area contributed by atoms with E-state index in [2.05, 4.69) is 10.3 Å². The second kappa shape index (κ2) is 8.57. The molecule has 0 saturated carbocycles. The van der Waals surface area contributed by atoms with Crippen molar-refractivity contribution in [3.05, 3.63) is 86.2 Å². The maximum absolute atomic E-state index is 12.4. The van der Waals surface area contributed by atoms with Crippen molar-refractivity contribution in [2.75, 3.05) is 0 Å². The van der Waals surface area contributed by atoms with Crippen molar-refractivity contribution in [1.82, 2.24) is 14.5 Å². The molecule has 0 fully saturated rings. The molecule has 0 radical (unpaired) electrons. The molecule has 10 heteroatoms. The third kappa shape index (κ3) is 4.32. The fraction of sp³-hybridized carbons (Fsp3) is 0.143. The van der Waals surface area contributed by atoms with Gasteiger partial charge >= 0.3 is 5.90 Å². The first-order valence-corrected chi connectivity index (χ1v) is 9.17. The Bertz CT molecular complexity index is 1310. The van der Waals surface area contributed by atoms with Crippen LogP contribution in [0.5, 0.6) is 11.5 Å². The molecule has 0 unspecified atom stereocenters. The average Bonchev–Trinajstić information content (AvgIpc) is 2.75. The lowest BCUT2D eigenvalue weighted by Gasteiger charge is -2.08. The predicted octanol–water partition coefficient (Wildman–Crippen LogP) is -0.858. The predicted molar refractivity (Wildman–Crippen MR) is 112 cm³/mol. The van der Waals surface area contributed by atoms with Crippen molar-refractivity contribution < 1.29 is 25.1 Å². The van der Waals surface area contributed by atoms with E-state index in [0.29, 0.717) is 11.3 Å². The van der Waals surface area contributed by atoms with Gasteiger partial charge in [0.1, 0.15) is 5.56 Å². The molecule has 10 nitrogen and oxygen atoms in total. The van der Waals surface area contributed by atoms with Crippen molar-refractivity contribution >= 4 is 17.5 Å². The minimum atomic E-state index is -0.692. The number of rotatable bonds is 5. The van der Waals surface area contributed by atoms with Gasteiger partial charge in [0, 0.05) is 44.7 Å². The van der Waals surface area contributed by atoms with Crippen LogP contribution in [0.25, 0.3) is 0 Å². The highest BCUT2D eigenvalue weighted by atomic mass is 16.3. The molecule has 0 spiro atoms. The van der Waals surface area contributed by atoms with E-state index in [1.54, 1.807) is 24.3 Å². The molecule has 31 heavy (non-hydrogen) atoms. The second-order valence-electron chi connectivity index (χ2n) is 6.80. The number of carbonyl (C=O) groups is 1. The van der Waals surface area contributed by atoms with E-state index in [9.17, 15) is 29.7 Å². The quantitative estimate of drug-likeness (QED) is 0.266. The maximum Gasteiger partial charge on any atom is 0.375 e. The normalized spacial score (nSPS) is 11.4. The van der Waals surface area contributed by atoms with Gasteiger partial charge in [-0.25, -0.2) is 0 Å². The van der Waals surface area contributed by atoms with Crippen LogP contribution < -0.4 is 21.4 Å². The fourth-order valence-electron chi connectivity index (χ4n) is 2.87. The van der Waals surface area contributed by atoms with Gasteiger partial charge in [0.05, 0.1) is 5.56 Å². The Hall–Kier alpha value is -4.34. The number of aromatic nitrogens is 2.